The summed E-state index contributed by atoms with van der Waals surface area (Å²) in [4.78, 5) is 43.7. The zero-order valence-corrected chi connectivity index (χ0v) is 26.2. The first-order valence-electron chi connectivity index (χ1n) is 13.7. The molecule has 1 saturated heterocycles. The zero-order chi connectivity index (χ0) is 29.9. The fourth-order valence-electron chi connectivity index (χ4n) is 4.91. The molecule has 2 aromatic carbocycles. The molecule has 3 amide bonds. The fourth-order valence-corrected chi connectivity index (χ4v) is 5.92. The maximum Gasteiger partial charge on any atom is 0.242 e. The summed E-state index contributed by atoms with van der Waals surface area (Å²) in [6, 6.07) is 10.8. The van der Waals surface area contributed by atoms with Crippen LogP contribution in [0, 0.1) is 0 Å². The summed E-state index contributed by atoms with van der Waals surface area (Å²) in [5.41, 5.74) is 7.04. The molecule has 12 heteroatoms. The first-order chi connectivity index (χ1) is 19.5. The number of nitrogens with zero attached hydrogens (tertiary/aromatic N) is 3. The molecular formula is C29H37Cl4N5O3. The standard InChI is InChI=1S/C29H37Cl4N5O3/c1-36-12-2-3-24(36)8-11-35-17-28(40)38(14-10-21-5-7-23(31)16-26(21)33)19-29(41)37(18-27(34)39)13-9-20-4-6-22(30)15-25(20)32/h4-7,15-16,24,35H,2-3,8-14,17-19H2,1H3,(H2,34,39). The summed E-state index contributed by atoms with van der Waals surface area (Å²) < 4.78 is 0. The number of carbonyl (C=O) groups is 3. The zero-order valence-electron chi connectivity index (χ0n) is 23.2. The Labute approximate surface area is 262 Å². The van der Waals surface area contributed by atoms with Crippen molar-refractivity contribution < 1.29 is 14.4 Å². The van der Waals surface area contributed by atoms with Crippen molar-refractivity contribution >= 4 is 64.1 Å². The van der Waals surface area contributed by atoms with Gasteiger partial charge in [0.2, 0.25) is 17.7 Å². The van der Waals surface area contributed by atoms with E-state index in [2.05, 4.69) is 17.3 Å². The molecule has 0 saturated carbocycles. The maximum absolute atomic E-state index is 13.4. The Bertz CT molecular complexity index is 1210. The van der Waals surface area contributed by atoms with E-state index in [-0.39, 0.29) is 38.6 Å². The lowest BCUT2D eigenvalue weighted by molar-refractivity contribution is -0.141. The first-order valence-corrected chi connectivity index (χ1v) is 15.2. The van der Waals surface area contributed by atoms with E-state index in [0.717, 1.165) is 30.5 Å². The summed E-state index contributed by atoms with van der Waals surface area (Å²) in [7, 11) is 2.12. The molecule has 224 valence electrons. The van der Waals surface area contributed by atoms with Gasteiger partial charge in [0.15, 0.2) is 0 Å². The molecule has 2 aromatic rings. The quantitative estimate of drug-likeness (QED) is 0.282. The van der Waals surface area contributed by atoms with E-state index in [1.54, 1.807) is 36.4 Å². The minimum atomic E-state index is -0.648. The monoisotopic (exact) mass is 643 g/mol. The van der Waals surface area contributed by atoms with Crippen LogP contribution in [0.5, 0.6) is 0 Å². The van der Waals surface area contributed by atoms with Crippen LogP contribution in [0.3, 0.4) is 0 Å². The van der Waals surface area contributed by atoms with E-state index in [4.69, 9.17) is 52.1 Å². The minimum Gasteiger partial charge on any atom is -0.368 e. The molecule has 41 heavy (non-hydrogen) atoms. The van der Waals surface area contributed by atoms with Gasteiger partial charge >= 0.3 is 0 Å². The smallest absolute Gasteiger partial charge is 0.242 e. The molecule has 1 unspecified atom stereocenters. The third-order valence-corrected chi connectivity index (χ3v) is 8.49. The number of primary amides is 1. The summed E-state index contributed by atoms with van der Waals surface area (Å²) >= 11 is 24.7. The first kappa shape index (κ1) is 33.4. The largest absolute Gasteiger partial charge is 0.368 e. The van der Waals surface area contributed by atoms with Gasteiger partial charge in [-0.3, -0.25) is 14.4 Å². The van der Waals surface area contributed by atoms with Crippen molar-refractivity contribution in [2.45, 2.75) is 38.1 Å². The molecule has 0 radical (unpaired) electrons. The molecule has 1 aliphatic heterocycles. The van der Waals surface area contributed by atoms with Gasteiger partial charge in [-0.05, 0) is 87.6 Å². The summed E-state index contributed by atoms with van der Waals surface area (Å²) in [6.07, 6.45) is 4.11. The van der Waals surface area contributed by atoms with Crippen LogP contribution in [0.1, 0.15) is 30.4 Å². The van der Waals surface area contributed by atoms with Crippen LogP contribution in [0.25, 0.3) is 0 Å². The molecular weight excluding hydrogens is 608 g/mol. The van der Waals surface area contributed by atoms with Gasteiger partial charge in [0.25, 0.3) is 0 Å². The molecule has 0 bridgehead atoms. The number of rotatable bonds is 15. The van der Waals surface area contributed by atoms with Gasteiger partial charge in [-0.25, -0.2) is 0 Å². The van der Waals surface area contributed by atoms with Gasteiger partial charge in [-0.15, -0.1) is 0 Å². The highest BCUT2D eigenvalue weighted by atomic mass is 35.5. The second kappa shape index (κ2) is 16.5. The number of likely N-dealkylation sites (tertiary alicyclic amines) is 1. The fraction of sp³-hybridized carbons (Fsp3) is 0.483. The van der Waals surface area contributed by atoms with E-state index >= 15 is 0 Å². The Balaban J connectivity index is 1.66. The minimum absolute atomic E-state index is 0.0915. The van der Waals surface area contributed by atoms with Gasteiger partial charge in [0.1, 0.15) is 0 Å². The third kappa shape index (κ3) is 10.9. The number of benzene rings is 2. The molecule has 1 aliphatic rings. The Morgan fingerprint density at radius 2 is 1.46 bits per heavy atom. The molecule has 3 N–H and O–H groups in total. The van der Waals surface area contributed by atoms with Crippen molar-refractivity contribution in [2.24, 2.45) is 5.73 Å². The Kier molecular flexibility index (Phi) is 13.5. The van der Waals surface area contributed by atoms with Crippen LogP contribution in [-0.2, 0) is 27.2 Å². The number of hydrogen-bond acceptors (Lipinski definition) is 5. The normalized spacial score (nSPS) is 15.2. The van der Waals surface area contributed by atoms with Crippen molar-refractivity contribution in [2.75, 3.05) is 52.9 Å². The van der Waals surface area contributed by atoms with Gasteiger partial charge in [0.05, 0.1) is 19.6 Å². The molecule has 1 fully saturated rings. The summed E-state index contributed by atoms with van der Waals surface area (Å²) in [6.45, 7) is 1.85. The van der Waals surface area contributed by atoms with Crippen molar-refractivity contribution in [1.82, 2.24) is 20.0 Å². The molecule has 3 rings (SSSR count). The van der Waals surface area contributed by atoms with E-state index in [9.17, 15) is 14.4 Å². The Morgan fingerprint density at radius 3 is 1.95 bits per heavy atom. The van der Waals surface area contributed by atoms with Crippen LogP contribution >= 0.6 is 46.4 Å². The topological polar surface area (TPSA) is 99.0 Å². The van der Waals surface area contributed by atoms with Gasteiger partial charge < -0.3 is 25.8 Å². The van der Waals surface area contributed by atoms with E-state index < -0.39 is 11.8 Å². The van der Waals surface area contributed by atoms with Crippen LogP contribution in [0.4, 0.5) is 0 Å². The Hall–Kier alpha value is -2.07. The predicted molar refractivity (Wildman–Crippen MR) is 166 cm³/mol. The third-order valence-electron chi connectivity index (χ3n) is 7.31. The molecule has 0 aromatic heterocycles. The average Bonchev–Trinajstić information content (AvgIpc) is 3.32. The van der Waals surface area contributed by atoms with Crippen LogP contribution < -0.4 is 11.1 Å². The Morgan fingerprint density at radius 1 is 0.902 bits per heavy atom. The van der Waals surface area contributed by atoms with Crippen LogP contribution in [-0.4, -0.2) is 91.3 Å². The predicted octanol–water partition coefficient (Wildman–Crippen LogP) is 4.30. The molecule has 0 aliphatic carbocycles. The van der Waals surface area contributed by atoms with Crippen molar-refractivity contribution in [3.8, 4) is 0 Å². The summed E-state index contributed by atoms with van der Waals surface area (Å²) in [5, 5.41) is 5.21. The van der Waals surface area contributed by atoms with Crippen molar-refractivity contribution in [1.29, 1.82) is 0 Å². The average molecular weight is 645 g/mol. The van der Waals surface area contributed by atoms with Gasteiger partial charge in [-0.1, -0.05) is 58.5 Å². The van der Waals surface area contributed by atoms with Gasteiger partial charge in [0, 0.05) is 39.2 Å². The molecule has 0 spiro atoms. The highest BCUT2D eigenvalue weighted by Gasteiger charge is 2.24. The van der Waals surface area contributed by atoms with Crippen LogP contribution in [0.15, 0.2) is 36.4 Å². The van der Waals surface area contributed by atoms with E-state index in [0.29, 0.717) is 45.5 Å². The lowest BCUT2D eigenvalue weighted by atomic mass is 10.1. The van der Waals surface area contributed by atoms with E-state index in [1.807, 2.05) is 0 Å². The number of halogens is 4. The molecule has 1 atom stereocenters. The number of hydrogen-bond donors (Lipinski definition) is 2. The molecule has 1 heterocycles. The number of nitrogens with one attached hydrogen (secondary N) is 1. The van der Waals surface area contributed by atoms with Crippen molar-refractivity contribution in [3.63, 3.8) is 0 Å². The molecule has 8 nitrogen and oxygen atoms in total. The van der Waals surface area contributed by atoms with Crippen molar-refractivity contribution in [3.05, 3.63) is 67.6 Å². The van der Waals surface area contributed by atoms with E-state index in [1.165, 1.54) is 16.2 Å². The van der Waals surface area contributed by atoms with Gasteiger partial charge in [-0.2, -0.15) is 0 Å². The highest BCUT2D eigenvalue weighted by molar-refractivity contribution is 6.35. The highest BCUT2D eigenvalue weighted by Crippen LogP contribution is 2.23. The maximum atomic E-state index is 13.4. The second-order valence-corrected chi connectivity index (χ2v) is 12.0. The number of amides is 3. The SMILES string of the molecule is CN1CCCC1CCNCC(=O)N(CCc1ccc(Cl)cc1Cl)CC(=O)N(CCc1ccc(Cl)cc1Cl)CC(N)=O. The summed E-state index contributed by atoms with van der Waals surface area (Å²) in [5.74, 6) is -1.26. The number of carbonyl (C=O) groups excluding carboxylic acids is 3. The van der Waals surface area contributed by atoms with Crippen LogP contribution in [0.2, 0.25) is 20.1 Å². The number of nitrogens with two attached hydrogens (primary N) is 1. The lowest BCUT2D eigenvalue weighted by Gasteiger charge is -2.28. The lowest BCUT2D eigenvalue weighted by Crippen LogP contribution is -2.48. The second-order valence-electron chi connectivity index (χ2n) is 10.3.